The molecule has 1 rings (SSSR count). The molecule has 0 aliphatic heterocycles. The van der Waals surface area contributed by atoms with Crippen molar-refractivity contribution in [3.8, 4) is 0 Å². The number of benzene rings is 1. The first-order chi connectivity index (χ1) is 6.09. The summed E-state index contributed by atoms with van der Waals surface area (Å²) in [5, 5.41) is 5.56. The Morgan fingerprint density at radius 2 is 2.15 bits per heavy atom. The molecule has 1 aromatic carbocycles. The van der Waals surface area contributed by atoms with Gasteiger partial charge in [-0.25, -0.2) is 4.39 Å². The van der Waals surface area contributed by atoms with Crippen LogP contribution in [0.15, 0.2) is 27.8 Å². The van der Waals surface area contributed by atoms with Crippen LogP contribution >= 0.6 is 15.9 Å². The molecule has 0 aromatic heterocycles. The van der Waals surface area contributed by atoms with Gasteiger partial charge in [0.05, 0.1) is 6.21 Å². The van der Waals surface area contributed by atoms with E-state index in [-0.39, 0.29) is 5.82 Å². The highest BCUT2D eigenvalue weighted by Crippen LogP contribution is 2.13. The first-order valence-corrected chi connectivity index (χ1v) is 4.55. The number of hydrogen-bond donors (Lipinski definition) is 0. The van der Waals surface area contributed by atoms with Gasteiger partial charge in [0.2, 0.25) is 0 Å². The molecular weight excluding hydrogens is 235 g/mol. The Hall–Kier alpha value is -0.900. The van der Waals surface area contributed by atoms with Crippen molar-refractivity contribution in [2.75, 3.05) is 14.1 Å². The summed E-state index contributed by atoms with van der Waals surface area (Å²) in [6.45, 7) is 0. The van der Waals surface area contributed by atoms with Crippen LogP contribution in [0.25, 0.3) is 0 Å². The van der Waals surface area contributed by atoms with E-state index in [0.29, 0.717) is 5.56 Å². The van der Waals surface area contributed by atoms with E-state index in [1.165, 1.54) is 12.3 Å². The van der Waals surface area contributed by atoms with Crippen LogP contribution in [0.2, 0.25) is 0 Å². The van der Waals surface area contributed by atoms with Gasteiger partial charge in [-0.3, -0.25) is 0 Å². The molecule has 0 unspecified atom stereocenters. The van der Waals surface area contributed by atoms with Crippen molar-refractivity contribution in [2.24, 2.45) is 5.10 Å². The zero-order valence-electron chi connectivity index (χ0n) is 7.46. The molecule has 0 bridgehead atoms. The van der Waals surface area contributed by atoms with Gasteiger partial charge >= 0.3 is 0 Å². The molecule has 0 aliphatic carbocycles. The van der Waals surface area contributed by atoms with Crippen molar-refractivity contribution in [3.63, 3.8) is 0 Å². The SMILES string of the molecule is CN(C)N=Cc1cc(Br)ccc1F. The quantitative estimate of drug-likeness (QED) is 0.577. The molecule has 0 saturated carbocycles. The van der Waals surface area contributed by atoms with Crippen LogP contribution in [0, 0.1) is 5.82 Å². The van der Waals surface area contributed by atoms with Gasteiger partial charge < -0.3 is 5.01 Å². The number of halogens is 2. The summed E-state index contributed by atoms with van der Waals surface area (Å²) < 4.78 is 13.9. The van der Waals surface area contributed by atoms with Crippen molar-refractivity contribution >= 4 is 22.1 Å². The Morgan fingerprint density at radius 3 is 2.77 bits per heavy atom. The predicted molar refractivity (Wildman–Crippen MR) is 55.4 cm³/mol. The molecule has 0 amide bonds. The maximum atomic E-state index is 13.1. The molecule has 0 N–H and O–H groups in total. The first-order valence-electron chi connectivity index (χ1n) is 3.76. The van der Waals surface area contributed by atoms with Crippen LogP contribution in [0.4, 0.5) is 4.39 Å². The maximum Gasteiger partial charge on any atom is 0.132 e. The Bertz CT molecular complexity index is 323. The third-order valence-electron chi connectivity index (χ3n) is 1.39. The van der Waals surface area contributed by atoms with Gasteiger partial charge in [-0.1, -0.05) is 15.9 Å². The number of nitrogens with zero attached hydrogens (tertiary/aromatic N) is 2. The second-order valence-corrected chi connectivity index (χ2v) is 3.67. The van der Waals surface area contributed by atoms with Crippen molar-refractivity contribution in [1.82, 2.24) is 5.01 Å². The first kappa shape index (κ1) is 10.2. The number of hydrogen-bond acceptors (Lipinski definition) is 2. The van der Waals surface area contributed by atoms with Crippen molar-refractivity contribution in [3.05, 3.63) is 34.1 Å². The minimum atomic E-state index is -0.270. The van der Waals surface area contributed by atoms with Crippen molar-refractivity contribution < 1.29 is 4.39 Å². The molecule has 0 radical (unpaired) electrons. The molecule has 1 aromatic rings. The summed E-state index contributed by atoms with van der Waals surface area (Å²) in [6.07, 6.45) is 1.49. The molecule has 0 spiro atoms. The van der Waals surface area contributed by atoms with E-state index in [1.807, 2.05) is 0 Å². The molecule has 0 saturated heterocycles. The van der Waals surface area contributed by atoms with E-state index in [9.17, 15) is 4.39 Å². The smallest absolute Gasteiger partial charge is 0.132 e. The minimum absolute atomic E-state index is 0.270. The van der Waals surface area contributed by atoms with Crippen molar-refractivity contribution in [1.29, 1.82) is 0 Å². The van der Waals surface area contributed by atoms with Gasteiger partial charge in [0, 0.05) is 24.1 Å². The lowest BCUT2D eigenvalue weighted by molar-refractivity contribution is 0.440. The Kier molecular flexibility index (Phi) is 3.42. The molecule has 2 nitrogen and oxygen atoms in total. The lowest BCUT2D eigenvalue weighted by atomic mass is 10.2. The molecular formula is C9H10BrFN2. The zero-order valence-corrected chi connectivity index (χ0v) is 9.05. The third kappa shape index (κ3) is 3.14. The van der Waals surface area contributed by atoms with Crippen molar-refractivity contribution in [2.45, 2.75) is 0 Å². The monoisotopic (exact) mass is 244 g/mol. The predicted octanol–water partition coefficient (Wildman–Crippen LogP) is 2.48. The van der Waals surface area contributed by atoms with Gasteiger partial charge in [0.1, 0.15) is 5.82 Å². The highest BCUT2D eigenvalue weighted by molar-refractivity contribution is 9.10. The van der Waals surface area contributed by atoms with Crippen LogP contribution in [0.1, 0.15) is 5.56 Å². The molecule has 0 heterocycles. The van der Waals surface area contributed by atoms with E-state index in [1.54, 1.807) is 31.2 Å². The standard InChI is InChI=1S/C9H10BrFN2/c1-13(2)12-6-7-5-8(10)3-4-9(7)11/h3-6H,1-2H3. The highest BCUT2D eigenvalue weighted by Gasteiger charge is 1.99. The summed E-state index contributed by atoms with van der Waals surface area (Å²) in [5.41, 5.74) is 0.475. The maximum absolute atomic E-state index is 13.1. The lowest BCUT2D eigenvalue weighted by Crippen LogP contribution is -2.02. The normalized spacial score (nSPS) is 10.8. The van der Waals surface area contributed by atoms with Crippen LogP contribution in [-0.4, -0.2) is 25.3 Å². The van der Waals surface area contributed by atoms with Crippen LogP contribution in [-0.2, 0) is 0 Å². The van der Waals surface area contributed by atoms with E-state index in [4.69, 9.17) is 0 Å². The molecule has 70 valence electrons. The summed E-state index contributed by atoms with van der Waals surface area (Å²) >= 11 is 3.26. The topological polar surface area (TPSA) is 15.6 Å². The van der Waals surface area contributed by atoms with Crippen LogP contribution in [0.5, 0.6) is 0 Å². The van der Waals surface area contributed by atoms with Gasteiger partial charge in [-0.05, 0) is 18.2 Å². The third-order valence-corrected chi connectivity index (χ3v) is 1.88. The molecule has 4 heteroatoms. The minimum Gasteiger partial charge on any atom is -0.303 e. The largest absolute Gasteiger partial charge is 0.303 e. The Morgan fingerprint density at radius 1 is 1.46 bits per heavy atom. The summed E-state index contributed by atoms with van der Waals surface area (Å²) in [5.74, 6) is -0.270. The average Bonchev–Trinajstić information content (AvgIpc) is 2.06. The second-order valence-electron chi connectivity index (χ2n) is 2.76. The van der Waals surface area contributed by atoms with Gasteiger partial charge in [0.15, 0.2) is 0 Å². The fourth-order valence-electron chi connectivity index (χ4n) is 0.791. The highest BCUT2D eigenvalue weighted by atomic mass is 79.9. The molecule has 0 aliphatic rings. The van der Waals surface area contributed by atoms with E-state index >= 15 is 0 Å². The number of rotatable bonds is 2. The van der Waals surface area contributed by atoms with Crippen LogP contribution in [0.3, 0.4) is 0 Å². The summed E-state index contributed by atoms with van der Waals surface area (Å²) in [7, 11) is 3.57. The number of hydrazone groups is 1. The van der Waals surface area contributed by atoms with Gasteiger partial charge in [0.25, 0.3) is 0 Å². The second kappa shape index (κ2) is 4.37. The molecule has 0 atom stereocenters. The van der Waals surface area contributed by atoms with Gasteiger partial charge in [-0.2, -0.15) is 5.10 Å². The van der Waals surface area contributed by atoms with E-state index < -0.39 is 0 Å². The Balaban J connectivity index is 2.93. The van der Waals surface area contributed by atoms with E-state index in [0.717, 1.165) is 4.47 Å². The lowest BCUT2D eigenvalue weighted by Gasteiger charge is -2.03. The van der Waals surface area contributed by atoms with E-state index in [2.05, 4.69) is 21.0 Å². The summed E-state index contributed by atoms with van der Waals surface area (Å²) in [6, 6.07) is 4.74. The molecule has 0 fully saturated rings. The Labute approximate surface area is 85.2 Å². The fourth-order valence-corrected chi connectivity index (χ4v) is 1.17. The zero-order chi connectivity index (χ0) is 9.84. The molecule has 13 heavy (non-hydrogen) atoms. The average molecular weight is 245 g/mol. The summed E-state index contributed by atoms with van der Waals surface area (Å²) in [4.78, 5) is 0. The fraction of sp³-hybridized carbons (Fsp3) is 0.222. The van der Waals surface area contributed by atoms with Gasteiger partial charge in [-0.15, -0.1) is 0 Å². The van der Waals surface area contributed by atoms with Crippen LogP contribution < -0.4 is 0 Å².